The first-order valence-corrected chi connectivity index (χ1v) is 11.0. The van der Waals surface area contributed by atoms with Crippen molar-refractivity contribution < 1.29 is 4.49 Å². The summed E-state index contributed by atoms with van der Waals surface area (Å²) in [5, 5.41) is 0. The van der Waals surface area contributed by atoms with Crippen LogP contribution in [0.4, 0.5) is 0 Å². The van der Waals surface area contributed by atoms with Gasteiger partial charge >= 0.3 is 6.42 Å². The molecule has 0 atom stereocenters. The average Bonchev–Trinajstić information content (AvgIpc) is 3.34. The van der Waals surface area contributed by atoms with E-state index in [0.717, 1.165) is 6.42 Å². The molecule has 2 aliphatic rings. The molecule has 0 unspecified atom stereocenters. The summed E-state index contributed by atoms with van der Waals surface area (Å²) in [6.07, 6.45) is 4.31. The summed E-state index contributed by atoms with van der Waals surface area (Å²) < 4.78 is 5.25. The van der Waals surface area contributed by atoms with Gasteiger partial charge in [0.25, 0.3) is 0 Å². The molecule has 30 heavy (non-hydrogen) atoms. The first-order valence-electron chi connectivity index (χ1n) is 11.0. The van der Waals surface area contributed by atoms with Gasteiger partial charge in [0.05, 0.1) is 0 Å². The third-order valence-electron chi connectivity index (χ3n) is 6.75. The number of benzene rings is 2. The van der Waals surface area contributed by atoms with Crippen LogP contribution in [0, 0.1) is 12.8 Å². The molecule has 0 amide bonds. The van der Waals surface area contributed by atoms with Crippen LogP contribution in [-0.2, 0) is 0 Å². The summed E-state index contributed by atoms with van der Waals surface area (Å²) in [6.45, 7) is 9.13. The smallest absolute Gasteiger partial charge is 0.434 e. The van der Waals surface area contributed by atoms with Gasteiger partial charge in [-0.25, -0.2) is 0 Å². The lowest BCUT2D eigenvalue weighted by atomic mass is 9.35. The van der Waals surface area contributed by atoms with Crippen LogP contribution in [0.15, 0.2) is 90.6 Å². The van der Waals surface area contributed by atoms with Gasteiger partial charge in [0.15, 0.2) is 5.70 Å². The lowest BCUT2D eigenvalue weighted by molar-refractivity contribution is -0.329. The Labute approximate surface area is 179 Å². The van der Waals surface area contributed by atoms with Crippen molar-refractivity contribution in [1.82, 2.24) is 4.48 Å². The lowest BCUT2D eigenvalue weighted by Gasteiger charge is -2.45. The SMILES string of the molecule is CC1=[N+]2C(=C(CC(C)C)c3ccc(C)n3[B-]2(c2ccccc2)c2ccccc2)C=C1. The highest BCUT2D eigenvalue weighted by molar-refractivity contribution is 6.96. The number of allylic oxidation sites excluding steroid dienone is 3. The number of hydrogen-bond acceptors (Lipinski definition) is 0. The van der Waals surface area contributed by atoms with Crippen LogP contribution >= 0.6 is 0 Å². The van der Waals surface area contributed by atoms with Crippen molar-refractivity contribution in [3.05, 3.63) is 102 Å². The van der Waals surface area contributed by atoms with Crippen molar-refractivity contribution in [3.63, 3.8) is 0 Å². The number of rotatable bonds is 4. The van der Waals surface area contributed by atoms with Gasteiger partial charge in [-0.15, -0.1) is 10.9 Å². The van der Waals surface area contributed by atoms with Gasteiger partial charge in [0.1, 0.15) is 5.71 Å². The third-order valence-corrected chi connectivity index (χ3v) is 6.75. The minimum absolute atomic E-state index is 0.598. The van der Waals surface area contributed by atoms with E-state index in [9.17, 15) is 0 Å². The van der Waals surface area contributed by atoms with Crippen LogP contribution in [0.2, 0.25) is 0 Å². The highest BCUT2D eigenvalue weighted by Gasteiger charge is 2.52. The van der Waals surface area contributed by atoms with E-state index in [2.05, 4.69) is 122 Å². The van der Waals surface area contributed by atoms with E-state index in [1.54, 1.807) is 0 Å². The first kappa shape index (κ1) is 18.9. The Balaban J connectivity index is 1.97. The molecule has 150 valence electrons. The summed E-state index contributed by atoms with van der Waals surface area (Å²) in [5.41, 5.74) is 9.46. The topological polar surface area (TPSA) is 7.94 Å². The molecule has 3 heterocycles. The van der Waals surface area contributed by atoms with E-state index in [-0.39, 0.29) is 0 Å². The van der Waals surface area contributed by atoms with Crippen LogP contribution in [0.1, 0.15) is 38.6 Å². The van der Waals surface area contributed by atoms with E-state index in [0.29, 0.717) is 5.92 Å². The second-order valence-electron chi connectivity index (χ2n) is 9.13. The summed E-state index contributed by atoms with van der Waals surface area (Å²) in [5.74, 6) is 0.598. The van der Waals surface area contributed by atoms with E-state index in [4.69, 9.17) is 0 Å². The van der Waals surface area contributed by atoms with E-state index in [1.807, 2.05) is 0 Å². The molecule has 2 nitrogen and oxygen atoms in total. The van der Waals surface area contributed by atoms with Gasteiger partial charge in [-0.05, 0) is 37.1 Å². The molecule has 0 radical (unpaired) electrons. The molecule has 3 heteroatoms. The largest absolute Gasteiger partial charge is 0.451 e. The lowest BCUT2D eigenvalue weighted by Crippen LogP contribution is -2.73. The Morgan fingerprint density at radius 3 is 1.97 bits per heavy atom. The molecular weight excluding hydrogens is 363 g/mol. The van der Waals surface area contributed by atoms with Crippen molar-refractivity contribution in [3.8, 4) is 0 Å². The zero-order valence-electron chi connectivity index (χ0n) is 18.3. The Kier molecular flexibility index (Phi) is 4.43. The number of fused-ring (bicyclic) bond motifs is 2. The summed E-state index contributed by atoms with van der Waals surface area (Å²) >= 11 is 0. The fourth-order valence-corrected chi connectivity index (χ4v) is 5.68. The molecule has 0 N–H and O–H groups in total. The highest BCUT2D eigenvalue weighted by atomic mass is 15.2. The fraction of sp³-hybridized carbons (Fsp3) is 0.222. The summed E-state index contributed by atoms with van der Waals surface area (Å²) in [7, 11) is 0. The minimum atomic E-state index is -1.39. The summed E-state index contributed by atoms with van der Waals surface area (Å²) in [6, 6.07) is 26.7. The maximum absolute atomic E-state index is 2.63. The fourth-order valence-electron chi connectivity index (χ4n) is 5.68. The van der Waals surface area contributed by atoms with Gasteiger partial charge in [0.2, 0.25) is 0 Å². The van der Waals surface area contributed by atoms with Gasteiger partial charge < -0.3 is 8.96 Å². The summed E-state index contributed by atoms with van der Waals surface area (Å²) in [4.78, 5) is 0. The van der Waals surface area contributed by atoms with Crippen LogP contribution in [-0.4, -0.2) is 21.1 Å². The van der Waals surface area contributed by atoms with Gasteiger partial charge in [-0.1, -0.05) is 74.5 Å². The zero-order chi connectivity index (χ0) is 20.9. The Morgan fingerprint density at radius 2 is 1.40 bits per heavy atom. The molecule has 3 aromatic rings. The van der Waals surface area contributed by atoms with Crippen LogP contribution < -0.4 is 10.9 Å². The van der Waals surface area contributed by atoms with Crippen molar-refractivity contribution in [2.45, 2.75) is 34.1 Å². The number of aryl methyl sites for hydroxylation is 1. The standard InChI is InChI=1S/C27H29BN2/c1-20(2)19-25-26-17-15-21(3)29(26)28(23-11-7-5-8-12-23,24-13-9-6-10-14-24)30-22(4)16-18-27(25)30/h5-18,20H,19H2,1-4H3. The molecular formula is C27H29BN2. The normalized spacial score (nSPS) is 17.0. The van der Waals surface area contributed by atoms with Crippen LogP contribution in [0.3, 0.4) is 0 Å². The monoisotopic (exact) mass is 392 g/mol. The van der Waals surface area contributed by atoms with Crippen molar-refractivity contribution in [2.75, 3.05) is 0 Å². The Morgan fingerprint density at radius 1 is 0.800 bits per heavy atom. The van der Waals surface area contributed by atoms with Crippen molar-refractivity contribution in [1.29, 1.82) is 0 Å². The van der Waals surface area contributed by atoms with Gasteiger partial charge in [-0.2, -0.15) is 0 Å². The number of nitrogens with zero attached hydrogens (tertiary/aromatic N) is 2. The van der Waals surface area contributed by atoms with Crippen LogP contribution in [0.5, 0.6) is 0 Å². The minimum Gasteiger partial charge on any atom is -0.451 e. The predicted molar refractivity (Wildman–Crippen MR) is 129 cm³/mol. The molecule has 0 spiro atoms. The maximum Gasteiger partial charge on any atom is 0.434 e. The molecule has 0 saturated carbocycles. The highest BCUT2D eigenvalue weighted by Crippen LogP contribution is 2.38. The van der Waals surface area contributed by atoms with E-state index in [1.165, 1.54) is 39.3 Å². The quantitative estimate of drug-likeness (QED) is 0.568. The Hall–Kier alpha value is -3.07. The Bertz CT molecular complexity index is 1150. The number of aromatic nitrogens is 1. The molecule has 2 aliphatic heterocycles. The molecule has 0 saturated heterocycles. The van der Waals surface area contributed by atoms with E-state index >= 15 is 0 Å². The third kappa shape index (κ3) is 2.54. The molecule has 0 fully saturated rings. The second kappa shape index (κ2) is 7.02. The molecule has 2 aromatic carbocycles. The second-order valence-corrected chi connectivity index (χ2v) is 9.13. The van der Waals surface area contributed by atoms with E-state index < -0.39 is 6.42 Å². The first-order chi connectivity index (χ1) is 14.5. The molecule has 5 rings (SSSR count). The average molecular weight is 392 g/mol. The van der Waals surface area contributed by atoms with Gasteiger partial charge in [-0.3, -0.25) is 0 Å². The van der Waals surface area contributed by atoms with Crippen molar-refractivity contribution in [2.24, 2.45) is 5.92 Å². The predicted octanol–water partition coefficient (Wildman–Crippen LogP) is 4.72. The maximum atomic E-state index is 2.63. The molecule has 0 aliphatic carbocycles. The number of hydrogen-bond donors (Lipinski definition) is 0. The van der Waals surface area contributed by atoms with Gasteiger partial charge in [0, 0.05) is 30.3 Å². The van der Waals surface area contributed by atoms with Crippen LogP contribution in [0.25, 0.3) is 5.57 Å². The van der Waals surface area contributed by atoms with Crippen molar-refractivity contribution >= 4 is 28.6 Å². The zero-order valence-corrected chi connectivity index (χ0v) is 18.3. The molecule has 0 bridgehead atoms. The molecule has 1 aromatic heterocycles.